The molecule has 0 aliphatic heterocycles. The number of carbonyl (C=O) groups is 2. The van der Waals surface area contributed by atoms with Gasteiger partial charge in [-0.1, -0.05) is 59.2 Å². The summed E-state index contributed by atoms with van der Waals surface area (Å²) in [7, 11) is 0. The lowest BCUT2D eigenvalue weighted by Crippen LogP contribution is -2.46. The zero-order chi connectivity index (χ0) is 26.8. The van der Waals surface area contributed by atoms with Crippen LogP contribution in [0.15, 0.2) is 59.1 Å². The number of carbonyl (C=O) groups excluding carboxylic acids is 2. The Morgan fingerprint density at radius 1 is 1.16 bits per heavy atom. The van der Waals surface area contributed by atoms with Gasteiger partial charge < -0.3 is 25.0 Å². The topological polar surface area (TPSA) is 126 Å². The summed E-state index contributed by atoms with van der Waals surface area (Å²) in [5.74, 6) is -4.42. The van der Waals surface area contributed by atoms with E-state index in [9.17, 15) is 22.8 Å². The Bertz CT molecular complexity index is 1200. The Balaban J connectivity index is 1.51. The van der Waals surface area contributed by atoms with Crippen molar-refractivity contribution in [2.75, 3.05) is 25.1 Å². The van der Waals surface area contributed by atoms with Crippen LogP contribution in [0.25, 0.3) is 11.3 Å². The number of nitrogens with one attached hydrogen (secondary N) is 3. The summed E-state index contributed by atoms with van der Waals surface area (Å²) >= 11 is 5.86. The van der Waals surface area contributed by atoms with Crippen molar-refractivity contribution in [3.8, 4) is 11.3 Å². The summed E-state index contributed by atoms with van der Waals surface area (Å²) in [5, 5.41) is 19.9. The maximum absolute atomic E-state index is 13.8. The van der Waals surface area contributed by atoms with Gasteiger partial charge in [0.1, 0.15) is 19.0 Å². The van der Waals surface area contributed by atoms with Crippen molar-refractivity contribution in [2.45, 2.75) is 24.9 Å². The molecule has 0 saturated heterocycles. The van der Waals surface area contributed by atoms with Gasteiger partial charge >= 0.3 is 6.09 Å². The van der Waals surface area contributed by atoms with Crippen molar-refractivity contribution < 1.29 is 37.1 Å². The minimum atomic E-state index is -3.53. The number of hydrogen-bond donors (Lipinski definition) is 4. The molecular formula is C24H24ClF3N4O5. The van der Waals surface area contributed by atoms with Crippen LogP contribution in [-0.2, 0) is 16.1 Å². The molecule has 0 saturated carbocycles. The van der Waals surface area contributed by atoms with Gasteiger partial charge in [0.25, 0.3) is 5.92 Å². The molecule has 1 atom stereocenters. The first kappa shape index (κ1) is 28.0. The fraction of sp³-hybridized carbons (Fsp3) is 0.292. The average molecular weight is 541 g/mol. The number of rotatable bonds is 12. The molecule has 1 heterocycles. The molecule has 0 aliphatic carbocycles. The molecule has 0 unspecified atom stereocenters. The highest BCUT2D eigenvalue weighted by Gasteiger charge is 2.33. The van der Waals surface area contributed by atoms with Crippen molar-refractivity contribution in [3.63, 3.8) is 0 Å². The first-order valence-corrected chi connectivity index (χ1v) is 11.4. The van der Waals surface area contributed by atoms with E-state index >= 15 is 0 Å². The largest absolute Gasteiger partial charge is 0.447 e. The number of alkyl halides is 2. The first-order valence-electron chi connectivity index (χ1n) is 11.0. The summed E-state index contributed by atoms with van der Waals surface area (Å²) in [4.78, 5) is 24.4. The van der Waals surface area contributed by atoms with Crippen LogP contribution in [-0.4, -0.2) is 54.0 Å². The number of amides is 2. The minimum Gasteiger partial charge on any atom is -0.447 e. The average Bonchev–Trinajstić information content (AvgIpc) is 3.34. The molecule has 0 aliphatic rings. The van der Waals surface area contributed by atoms with Gasteiger partial charge in [0, 0.05) is 24.6 Å². The van der Waals surface area contributed by atoms with Crippen LogP contribution in [0.5, 0.6) is 0 Å². The monoisotopic (exact) mass is 540 g/mol. The lowest BCUT2D eigenvalue weighted by molar-refractivity contribution is -0.122. The number of nitrogens with zero attached hydrogens (tertiary/aromatic N) is 1. The van der Waals surface area contributed by atoms with Crippen LogP contribution >= 0.6 is 11.6 Å². The first-order chi connectivity index (χ1) is 17.7. The van der Waals surface area contributed by atoms with Crippen LogP contribution in [0.1, 0.15) is 12.0 Å². The number of aliphatic hydroxyl groups is 1. The van der Waals surface area contributed by atoms with E-state index in [4.69, 9.17) is 26.0 Å². The van der Waals surface area contributed by atoms with Gasteiger partial charge in [-0.05, 0) is 11.6 Å². The van der Waals surface area contributed by atoms with E-state index in [1.807, 2.05) is 6.07 Å². The van der Waals surface area contributed by atoms with E-state index in [1.54, 1.807) is 30.3 Å². The van der Waals surface area contributed by atoms with Gasteiger partial charge in [0.05, 0.1) is 17.6 Å². The second kappa shape index (κ2) is 13.1. The fourth-order valence-electron chi connectivity index (χ4n) is 3.24. The van der Waals surface area contributed by atoms with Crippen molar-refractivity contribution in [3.05, 3.63) is 71.0 Å². The third-order valence-corrected chi connectivity index (χ3v) is 5.41. The van der Waals surface area contributed by atoms with Crippen molar-refractivity contribution in [1.82, 2.24) is 15.8 Å². The maximum Gasteiger partial charge on any atom is 0.412 e. The Morgan fingerprint density at radius 2 is 1.92 bits per heavy atom. The van der Waals surface area contributed by atoms with Gasteiger partial charge in [0.15, 0.2) is 11.6 Å². The summed E-state index contributed by atoms with van der Waals surface area (Å²) in [5.41, 5.74) is 1.12. The van der Waals surface area contributed by atoms with E-state index in [0.29, 0.717) is 11.3 Å². The summed E-state index contributed by atoms with van der Waals surface area (Å²) in [6.07, 6.45) is -2.00. The molecule has 2 aromatic carbocycles. The molecule has 13 heteroatoms. The molecule has 1 aromatic heterocycles. The number of aliphatic hydroxyl groups excluding tert-OH is 1. The number of hydrogen-bond acceptors (Lipinski definition) is 7. The predicted molar refractivity (Wildman–Crippen MR) is 129 cm³/mol. The molecule has 0 radical (unpaired) electrons. The molecule has 0 fully saturated rings. The number of ether oxygens (including phenoxy) is 1. The Hall–Kier alpha value is -3.61. The van der Waals surface area contributed by atoms with E-state index in [-0.39, 0.29) is 23.9 Å². The highest BCUT2D eigenvalue weighted by atomic mass is 35.5. The van der Waals surface area contributed by atoms with E-state index in [2.05, 4.69) is 21.1 Å². The van der Waals surface area contributed by atoms with E-state index in [0.717, 1.165) is 5.56 Å². The Labute approximate surface area is 214 Å². The zero-order valence-electron chi connectivity index (χ0n) is 19.3. The Morgan fingerprint density at radius 3 is 2.65 bits per heavy atom. The second-order valence-electron chi connectivity index (χ2n) is 7.97. The van der Waals surface area contributed by atoms with Gasteiger partial charge in [-0.2, -0.15) is 0 Å². The van der Waals surface area contributed by atoms with Crippen molar-refractivity contribution >= 4 is 29.4 Å². The zero-order valence-corrected chi connectivity index (χ0v) is 20.1. The molecule has 3 rings (SSSR count). The molecule has 9 nitrogen and oxygen atoms in total. The quantitative estimate of drug-likeness (QED) is 0.274. The molecule has 4 N–H and O–H groups in total. The smallest absolute Gasteiger partial charge is 0.412 e. The van der Waals surface area contributed by atoms with Crippen LogP contribution in [0.2, 0.25) is 5.02 Å². The second-order valence-corrected chi connectivity index (χ2v) is 8.34. The lowest BCUT2D eigenvalue weighted by atomic mass is 10.1. The SMILES string of the molecule is O=C(CNCc1cccc(F)c1Cl)N[C@H](COC(=O)Nc1cc(-c2ccccc2)on1)CC(F)(F)CO. The molecule has 37 heavy (non-hydrogen) atoms. The van der Waals surface area contributed by atoms with Crippen LogP contribution in [0.4, 0.5) is 23.8 Å². The van der Waals surface area contributed by atoms with Crippen LogP contribution in [0.3, 0.4) is 0 Å². The van der Waals surface area contributed by atoms with Gasteiger partial charge in [-0.15, -0.1) is 0 Å². The number of anilines is 1. The number of benzene rings is 2. The van der Waals surface area contributed by atoms with Crippen LogP contribution < -0.4 is 16.0 Å². The molecule has 2 amide bonds. The fourth-order valence-corrected chi connectivity index (χ4v) is 3.43. The lowest BCUT2D eigenvalue weighted by Gasteiger charge is -2.23. The third kappa shape index (κ3) is 8.77. The Kier molecular flexibility index (Phi) is 9.89. The van der Waals surface area contributed by atoms with Crippen molar-refractivity contribution in [2.24, 2.45) is 0 Å². The summed E-state index contributed by atoms with van der Waals surface area (Å²) < 4.78 is 51.2. The van der Waals surface area contributed by atoms with Gasteiger partial charge in [-0.25, -0.2) is 18.0 Å². The van der Waals surface area contributed by atoms with E-state index < -0.39 is 49.4 Å². The van der Waals surface area contributed by atoms with E-state index in [1.165, 1.54) is 18.2 Å². The number of halogens is 4. The molecule has 0 spiro atoms. The minimum absolute atomic E-state index is 0.0327. The molecule has 0 bridgehead atoms. The molecule has 198 valence electrons. The number of aromatic nitrogens is 1. The summed E-state index contributed by atoms with van der Waals surface area (Å²) in [6, 6.07) is 13.3. The molecular weight excluding hydrogens is 517 g/mol. The molecule has 3 aromatic rings. The highest BCUT2D eigenvalue weighted by molar-refractivity contribution is 6.31. The van der Waals surface area contributed by atoms with Crippen molar-refractivity contribution in [1.29, 1.82) is 0 Å². The maximum atomic E-state index is 13.8. The highest BCUT2D eigenvalue weighted by Crippen LogP contribution is 2.23. The van der Waals surface area contributed by atoms with Gasteiger partial charge in [0.2, 0.25) is 5.91 Å². The van der Waals surface area contributed by atoms with Crippen LogP contribution in [0, 0.1) is 5.82 Å². The van der Waals surface area contributed by atoms with Gasteiger partial charge in [-0.3, -0.25) is 10.1 Å². The normalized spacial score (nSPS) is 12.1. The standard InChI is InChI=1S/C24H24ClF3N4O5/c25-22-16(7-4-8-18(22)26)11-29-12-21(34)30-17(10-24(27,28)14-33)13-36-23(35)31-20-9-19(37-32-20)15-5-2-1-3-6-15/h1-9,17,29,33H,10-14H2,(H,30,34)(H,31,32,35)/t17-/m0/s1. The summed E-state index contributed by atoms with van der Waals surface area (Å²) in [6.45, 7) is -2.35. The predicted octanol–water partition coefficient (Wildman–Crippen LogP) is 3.97. The third-order valence-electron chi connectivity index (χ3n) is 4.99.